The molecule has 0 aliphatic heterocycles. The average Bonchev–Trinajstić information content (AvgIpc) is 3.00. The summed E-state index contributed by atoms with van der Waals surface area (Å²) in [6.07, 6.45) is 0.351. The topological polar surface area (TPSA) is 88.2 Å². The van der Waals surface area contributed by atoms with Gasteiger partial charge in [-0.3, -0.25) is 4.79 Å². The molecule has 0 fully saturated rings. The van der Waals surface area contributed by atoms with Crippen LogP contribution >= 0.6 is 0 Å². The molecule has 6 nitrogen and oxygen atoms in total. The first kappa shape index (κ1) is 18.2. The van der Waals surface area contributed by atoms with Crippen molar-refractivity contribution >= 4 is 11.6 Å². The number of nitrogens with zero attached hydrogens (tertiary/aromatic N) is 2. The lowest BCUT2D eigenvalue weighted by molar-refractivity contribution is 0.102. The number of amides is 1. The molecule has 0 radical (unpaired) electrons. The highest BCUT2D eigenvalue weighted by atomic mass is 16.5. The smallest absolute Gasteiger partial charge is 0.255 e. The maximum Gasteiger partial charge on any atom is 0.255 e. The Morgan fingerprint density at radius 1 is 1.15 bits per heavy atom. The van der Waals surface area contributed by atoms with Crippen molar-refractivity contribution in [1.82, 2.24) is 5.16 Å². The Morgan fingerprint density at radius 3 is 2.44 bits per heavy atom. The van der Waals surface area contributed by atoms with Crippen molar-refractivity contribution in [2.75, 3.05) is 5.32 Å². The normalized spacial score (nSPS) is 10.3. The Bertz CT molecular complexity index is 948. The lowest BCUT2D eigenvalue weighted by atomic mass is 10.1. The number of anilines is 1. The molecule has 0 atom stereocenters. The molecule has 0 bridgehead atoms. The zero-order valence-electron chi connectivity index (χ0n) is 15.2. The molecule has 6 heteroatoms. The van der Waals surface area contributed by atoms with Gasteiger partial charge in [0, 0.05) is 11.3 Å². The molecule has 0 unspecified atom stereocenters. The van der Waals surface area contributed by atoms with E-state index in [9.17, 15) is 4.79 Å². The fourth-order valence-electron chi connectivity index (χ4n) is 2.57. The highest BCUT2D eigenvalue weighted by molar-refractivity contribution is 6.04. The largest absolute Gasteiger partial charge is 0.489 e. The lowest BCUT2D eigenvalue weighted by Crippen LogP contribution is -2.11. The first-order valence-electron chi connectivity index (χ1n) is 8.48. The van der Waals surface area contributed by atoms with E-state index in [1.54, 1.807) is 36.4 Å². The third-order valence-electron chi connectivity index (χ3n) is 4.18. The summed E-state index contributed by atoms with van der Waals surface area (Å²) in [7, 11) is 0. The van der Waals surface area contributed by atoms with Crippen molar-refractivity contribution in [3.05, 3.63) is 76.7 Å². The number of hydrogen-bond donors (Lipinski definition) is 1. The van der Waals surface area contributed by atoms with Crippen LogP contribution in [0.5, 0.6) is 5.75 Å². The first-order chi connectivity index (χ1) is 13.1. The van der Waals surface area contributed by atoms with Crippen LogP contribution in [0.4, 0.5) is 5.69 Å². The summed E-state index contributed by atoms with van der Waals surface area (Å²) in [6, 6.07) is 16.2. The first-order valence-corrected chi connectivity index (χ1v) is 8.48. The van der Waals surface area contributed by atoms with Gasteiger partial charge in [-0.05, 0) is 55.8 Å². The molecule has 0 spiro atoms. The van der Waals surface area contributed by atoms with Gasteiger partial charge in [-0.2, -0.15) is 5.26 Å². The minimum absolute atomic E-state index is 0.208. The molecule has 0 saturated heterocycles. The minimum atomic E-state index is -0.208. The molecule has 1 N–H and O–H groups in total. The Balaban J connectivity index is 1.59. The number of hydrogen-bond acceptors (Lipinski definition) is 5. The number of aromatic nitrogens is 1. The van der Waals surface area contributed by atoms with Gasteiger partial charge < -0.3 is 14.6 Å². The number of benzene rings is 2. The molecule has 0 saturated carbocycles. The average molecular weight is 361 g/mol. The van der Waals surface area contributed by atoms with Crippen LogP contribution < -0.4 is 10.1 Å². The van der Waals surface area contributed by atoms with Crippen LogP contribution in [0.1, 0.15) is 32.9 Å². The maximum absolute atomic E-state index is 12.3. The predicted octanol–water partition coefficient (Wildman–Crippen LogP) is 4.19. The second kappa shape index (κ2) is 8.19. The van der Waals surface area contributed by atoms with E-state index >= 15 is 0 Å². The number of nitrogens with one attached hydrogen (secondary N) is 1. The van der Waals surface area contributed by atoms with Crippen LogP contribution in [0.3, 0.4) is 0 Å². The summed E-state index contributed by atoms with van der Waals surface area (Å²) in [5.74, 6) is 1.19. The SMILES string of the molecule is Cc1noc(C)c1COc1ccc(C(=O)Nc2ccc(CC#N)cc2)cc1. The van der Waals surface area contributed by atoms with E-state index in [4.69, 9.17) is 14.5 Å². The van der Waals surface area contributed by atoms with E-state index in [0.29, 0.717) is 30.0 Å². The lowest BCUT2D eigenvalue weighted by Gasteiger charge is -2.08. The van der Waals surface area contributed by atoms with Gasteiger partial charge in [-0.1, -0.05) is 17.3 Å². The number of ether oxygens (including phenoxy) is 1. The van der Waals surface area contributed by atoms with Gasteiger partial charge in [0.2, 0.25) is 0 Å². The van der Waals surface area contributed by atoms with Gasteiger partial charge in [-0.25, -0.2) is 0 Å². The fraction of sp³-hybridized carbons (Fsp3) is 0.190. The molecular formula is C21H19N3O3. The third kappa shape index (κ3) is 4.53. The van der Waals surface area contributed by atoms with E-state index < -0.39 is 0 Å². The fourth-order valence-corrected chi connectivity index (χ4v) is 2.57. The van der Waals surface area contributed by atoms with Crippen molar-refractivity contribution in [1.29, 1.82) is 5.26 Å². The van der Waals surface area contributed by atoms with Gasteiger partial charge in [0.15, 0.2) is 0 Å². The monoisotopic (exact) mass is 361 g/mol. The molecule has 3 rings (SSSR count). The highest BCUT2D eigenvalue weighted by Crippen LogP contribution is 2.19. The number of aryl methyl sites for hydroxylation is 2. The van der Waals surface area contributed by atoms with Gasteiger partial charge in [0.25, 0.3) is 5.91 Å². The van der Waals surface area contributed by atoms with E-state index in [1.807, 2.05) is 26.0 Å². The summed E-state index contributed by atoms with van der Waals surface area (Å²) in [6.45, 7) is 4.08. The summed E-state index contributed by atoms with van der Waals surface area (Å²) in [5, 5.41) is 15.4. The van der Waals surface area contributed by atoms with Gasteiger partial charge >= 0.3 is 0 Å². The molecule has 0 aliphatic rings. The van der Waals surface area contributed by atoms with Crippen molar-refractivity contribution < 1.29 is 14.1 Å². The third-order valence-corrected chi connectivity index (χ3v) is 4.18. The molecule has 136 valence electrons. The van der Waals surface area contributed by atoms with Gasteiger partial charge in [-0.15, -0.1) is 0 Å². The Morgan fingerprint density at radius 2 is 1.85 bits per heavy atom. The number of carbonyl (C=O) groups excluding carboxylic acids is 1. The van der Waals surface area contributed by atoms with Gasteiger partial charge in [0.05, 0.1) is 23.7 Å². The van der Waals surface area contributed by atoms with Crippen LogP contribution in [0.2, 0.25) is 0 Å². The quantitative estimate of drug-likeness (QED) is 0.711. The minimum Gasteiger partial charge on any atom is -0.489 e. The van der Waals surface area contributed by atoms with Crippen molar-refractivity contribution in [3.8, 4) is 11.8 Å². The van der Waals surface area contributed by atoms with Crippen molar-refractivity contribution in [2.45, 2.75) is 26.9 Å². The second-order valence-electron chi connectivity index (χ2n) is 6.10. The van der Waals surface area contributed by atoms with E-state index in [-0.39, 0.29) is 5.91 Å². The van der Waals surface area contributed by atoms with Crippen LogP contribution in [0.15, 0.2) is 53.1 Å². The Hall–Kier alpha value is -3.59. The van der Waals surface area contributed by atoms with Crippen LogP contribution in [-0.2, 0) is 13.0 Å². The molecule has 2 aromatic carbocycles. The number of carbonyl (C=O) groups is 1. The summed E-state index contributed by atoms with van der Waals surface area (Å²) < 4.78 is 10.9. The molecular weight excluding hydrogens is 342 g/mol. The van der Waals surface area contributed by atoms with Crippen molar-refractivity contribution in [3.63, 3.8) is 0 Å². The number of rotatable bonds is 6. The molecule has 3 aromatic rings. The van der Waals surface area contributed by atoms with Gasteiger partial charge in [0.1, 0.15) is 18.1 Å². The molecule has 1 aromatic heterocycles. The zero-order chi connectivity index (χ0) is 19.2. The number of nitriles is 1. The highest BCUT2D eigenvalue weighted by Gasteiger charge is 2.10. The molecule has 0 aliphatic carbocycles. The zero-order valence-corrected chi connectivity index (χ0v) is 15.2. The Kier molecular flexibility index (Phi) is 5.53. The maximum atomic E-state index is 12.3. The second-order valence-corrected chi connectivity index (χ2v) is 6.10. The van der Waals surface area contributed by atoms with E-state index in [2.05, 4.69) is 16.5 Å². The molecule has 1 heterocycles. The van der Waals surface area contributed by atoms with E-state index in [0.717, 1.165) is 22.6 Å². The van der Waals surface area contributed by atoms with Crippen LogP contribution in [0.25, 0.3) is 0 Å². The summed E-state index contributed by atoms with van der Waals surface area (Å²) in [4.78, 5) is 12.3. The van der Waals surface area contributed by atoms with Crippen LogP contribution in [-0.4, -0.2) is 11.1 Å². The molecule has 1 amide bonds. The summed E-state index contributed by atoms with van der Waals surface area (Å²) >= 11 is 0. The summed E-state index contributed by atoms with van der Waals surface area (Å²) in [5.41, 5.74) is 3.86. The van der Waals surface area contributed by atoms with Crippen molar-refractivity contribution in [2.24, 2.45) is 0 Å². The predicted molar refractivity (Wildman–Crippen MR) is 100 cm³/mol. The standard InChI is InChI=1S/C21H19N3O3/c1-14-20(15(2)27-24-14)13-26-19-9-5-17(6-10-19)21(25)23-18-7-3-16(4-8-18)11-12-22/h3-10H,11,13H2,1-2H3,(H,23,25). The Labute approximate surface area is 157 Å². The van der Waals surface area contributed by atoms with Crippen LogP contribution in [0, 0.1) is 25.2 Å². The molecule has 27 heavy (non-hydrogen) atoms. The van der Waals surface area contributed by atoms with E-state index in [1.165, 1.54) is 0 Å².